The number of hydrogen-bond acceptors (Lipinski definition) is 1. The standard InChI is InChI=1S/C16H30N2/c1-5-7-8-9-10-12-15(11-6-2)16-13(3)17-18-14(16)4/h15H,5-12H2,1-4H3,(H,17,18). The van der Waals surface area contributed by atoms with Crippen LogP contribution in [0.5, 0.6) is 0 Å². The van der Waals surface area contributed by atoms with Gasteiger partial charge in [0, 0.05) is 5.69 Å². The van der Waals surface area contributed by atoms with E-state index in [1.54, 1.807) is 0 Å². The number of rotatable bonds is 9. The molecule has 18 heavy (non-hydrogen) atoms. The Hall–Kier alpha value is -0.790. The Balaban J connectivity index is 2.50. The third-order valence-corrected chi connectivity index (χ3v) is 3.89. The van der Waals surface area contributed by atoms with Gasteiger partial charge in [0.2, 0.25) is 0 Å². The lowest BCUT2D eigenvalue weighted by atomic mass is 9.88. The highest BCUT2D eigenvalue weighted by Crippen LogP contribution is 2.31. The first-order valence-electron chi connectivity index (χ1n) is 7.72. The minimum absolute atomic E-state index is 0.718. The highest BCUT2D eigenvalue weighted by atomic mass is 15.1. The summed E-state index contributed by atoms with van der Waals surface area (Å²) in [5.41, 5.74) is 3.98. The zero-order valence-corrected chi connectivity index (χ0v) is 12.7. The van der Waals surface area contributed by atoms with E-state index in [-0.39, 0.29) is 0 Å². The van der Waals surface area contributed by atoms with Crippen LogP contribution >= 0.6 is 0 Å². The van der Waals surface area contributed by atoms with Gasteiger partial charge in [-0.05, 0) is 38.2 Å². The van der Waals surface area contributed by atoms with E-state index in [0.29, 0.717) is 0 Å². The van der Waals surface area contributed by atoms with Crippen molar-refractivity contribution in [3.8, 4) is 0 Å². The molecule has 0 saturated heterocycles. The van der Waals surface area contributed by atoms with Crippen LogP contribution in [-0.4, -0.2) is 10.2 Å². The quantitative estimate of drug-likeness (QED) is 0.594. The predicted octanol–water partition coefficient (Wildman–Crippen LogP) is 5.27. The highest BCUT2D eigenvalue weighted by Gasteiger charge is 2.17. The molecule has 0 spiro atoms. The zero-order valence-electron chi connectivity index (χ0n) is 12.7. The van der Waals surface area contributed by atoms with E-state index in [1.807, 2.05) is 0 Å². The molecule has 0 fully saturated rings. The third-order valence-electron chi connectivity index (χ3n) is 3.89. The Morgan fingerprint density at radius 1 is 0.944 bits per heavy atom. The molecule has 104 valence electrons. The number of aromatic nitrogens is 2. The van der Waals surface area contributed by atoms with Crippen LogP contribution < -0.4 is 0 Å². The number of aromatic amines is 1. The van der Waals surface area contributed by atoms with Crippen LogP contribution in [0.15, 0.2) is 0 Å². The predicted molar refractivity (Wildman–Crippen MR) is 79.1 cm³/mol. The molecule has 0 aliphatic rings. The average Bonchev–Trinajstić information content (AvgIpc) is 2.68. The molecule has 1 aromatic heterocycles. The van der Waals surface area contributed by atoms with E-state index >= 15 is 0 Å². The van der Waals surface area contributed by atoms with Gasteiger partial charge >= 0.3 is 0 Å². The topological polar surface area (TPSA) is 28.7 Å². The van der Waals surface area contributed by atoms with Crippen molar-refractivity contribution < 1.29 is 0 Å². The molecule has 1 heterocycles. The van der Waals surface area contributed by atoms with Crippen LogP contribution in [0.2, 0.25) is 0 Å². The molecule has 0 bridgehead atoms. The van der Waals surface area contributed by atoms with E-state index in [2.05, 4.69) is 37.9 Å². The van der Waals surface area contributed by atoms with E-state index in [0.717, 1.165) is 5.92 Å². The van der Waals surface area contributed by atoms with Gasteiger partial charge in [0.25, 0.3) is 0 Å². The minimum Gasteiger partial charge on any atom is -0.282 e. The molecule has 0 radical (unpaired) electrons. The summed E-state index contributed by atoms with van der Waals surface area (Å²) in [5.74, 6) is 0.718. The maximum absolute atomic E-state index is 4.35. The summed E-state index contributed by atoms with van der Waals surface area (Å²) in [6, 6.07) is 0. The van der Waals surface area contributed by atoms with Crippen molar-refractivity contribution in [2.24, 2.45) is 0 Å². The van der Waals surface area contributed by atoms with Crippen molar-refractivity contribution in [3.05, 3.63) is 17.0 Å². The summed E-state index contributed by atoms with van der Waals surface area (Å²) in [5, 5.41) is 7.49. The van der Waals surface area contributed by atoms with Crippen molar-refractivity contribution in [3.63, 3.8) is 0 Å². The summed E-state index contributed by atoms with van der Waals surface area (Å²) in [6.45, 7) is 8.86. The number of unbranched alkanes of at least 4 members (excludes halogenated alkanes) is 4. The summed E-state index contributed by atoms with van der Waals surface area (Å²) in [6.07, 6.45) is 10.8. The van der Waals surface area contributed by atoms with Crippen molar-refractivity contribution in [1.82, 2.24) is 10.2 Å². The molecule has 2 nitrogen and oxygen atoms in total. The van der Waals surface area contributed by atoms with Crippen molar-refractivity contribution in [1.29, 1.82) is 0 Å². The second kappa shape index (κ2) is 8.34. The van der Waals surface area contributed by atoms with Gasteiger partial charge in [0.1, 0.15) is 0 Å². The zero-order chi connectivity index (χ0) is 13.4. The second-order valence-electron chi connectivity index (χ2n) is 5.54. The van der Waals surface area contributed by atoms with Crippen LogP contribution in [0.3, 0.4) is 0 Å². The number of hydrogen-bond donors (Lipinski definition) is 1. The normalized spacial score (nSPS) is 12.9. The molecule has 0 saturated carbocycles. The molecular weight excluding hydrogens is 220 g/mol. The maximum atomic E-state index is 4.35. The molecule has 1 unspecified atom stereocenters. The summed E-state index contributed by atoms with van der Waals surface area (Å²) in [7, 11) is 0. The fourth-order valence-electron chi connectivity index (χ4n) is 2.94. The summed E-state index contributed by atoms with van der Waals surface area (Å²) in [4.78, 5) is 0. The Kier molecular flexibility index (Phi) is 7.07. The van der Waals surface area contributed by atoms with Crippen LogP contribution in [0.1, 0.15) is 88.1 Å². The Morgan fingerprint density at radius 2 is 1.67 bits per heavy atom. The van der Waals surface area contributed by atoms with E-state index in [1.165, 1.54) is 68.3 Å². The van der Waals surface area contributed by atoms with Crippen LogP contribution in [-0.2, 0) is 0 Å². The number of H-pyrrole nitrogens is 1. The first kappa shape index (κ1) is 15.3. The van der Waals surface area contributed by atoms with Gasteiger partial charge in [-0.3, -0.25) is 5.10 Å². The molecular formula is C16H30N2. The van der Waals surface area contributed by atoms with E-state index in [9.17, 15) is 0 Å². The first-order chi connectivity index (χ1) is 8.70. The van der Waals surface area contributed by atoms with E-state index in [4.69, 9.17) is 0 Å². The number of nitrogens with zero attached hydrogens (tertiary/aromatic N) is 1. The minimum atomic E-state index is 0.718. The second-order valence-corrected chi connectivity index (χ2v) is 5.54. The first-order valence-corrected chi connectivity index (χ1v) is 7.72. The molecule has 2 heteroatoms. The van der Waals surface area contributed by atoms with Crippen LogP contribution in [0.25, 0.3) is 0 Å². The Bertz CT molecular complexity index is 308. The van der Waals surface area contributed by atoms with Gasteiger partial charge in [-0.15, -0.1) is 0 Å². The highest BCUT2D eigenvalue weighted by molar-refractivity contribution is 5.27. The fourth-order valence-corrected chi connectivity index (χ4v) is 2.94. The van der Waals surface area contributed by atoms with Crippen molar-refractivity contribution >= 4 is 0 Å². The lowest BCUT2D eigenvalue weighted by molar-refractivity contribution is 0.513. The molecule has 1 atom stereocenters. The molecule has 1 N–H and O–H groups in total. The van der Waals surface area contributed by atoms with Crippen molar-refractivity contribution in [2.45, 2.75) is 85.0 Å². The summed E-state index contributed by atoms with van der Waals surface area (Å²) >= 11 is 0. The van der Waals surface area contributed by atoms with Gasteiger partial charge in [0.15, 0.2) is 0 Å². The summed E-state index contributed by atoms with van der Waals surface area (Å²) < 4.78 is 0. The Labute approximate surface area is 113 Å². The van der Waals surface area contributed by atoms with Gasteiger partial charge in [0.05, 0.1) is 5.69 Å². The maximum Gasteiger partial charge on any atom is 0.0628 e. The molecule has 1 rings (SSSR count). The van der Waals surface area contributed by atoms with Gasteiger partial charge in [-0.1, -0.05) is 52.4 Å². The number of nitrogens with one attached hydrogen (secondary N) is 1. The smallest absolute Gasteiger partial charge is 0.0628 e. The fraction of sp³-hybridized carbons (Fsp3) is 0.812. The monoisotopic (exact) mass is 250 g/mol. The lowest BCUT2D eigenvalue weighted by Crippen LogP contribution is -2.01. The van der Waals surface area contributed by atoms with Crippen molar-refractivity contribution in [2.75, 3.05) is 0 Å². The number of aryl methyl sites for hydroxylation is 2. The molecule has 1 aromatic rings. The molecule has 0 aliphatic carbocycles. The Morgan fingerprint density at radius 3 is 2.22 bits per heavy atom. The van der Waals surface area contributed by atoms with Crippen LogP contribution in [0, 0.1) is 13.8 Å². The van der Waals surface area contributed by atoms with Gasteiger partial charge in [-0.2, -0.15) is 5.10 Å². The molecule has 0 aliphatic heterocycles. The third kappa shape index (κ3) is 4.47. The SMILES string of the molecule is CCCCCCCC(CCC)c1c(C)n[nH]c1C. The largest absolute Gasteiger partial charge is 0.282 e. The van der Waals surface area contributed by atoms with Gasteiger partial charge < -0.3 is 0 Å². The average molecular weight is 250 g/mol. The van der Waals surface area contributed by atoms with Crippen LogP contribution in [0.4, 0.5) is 0 Å². The van der Waals surface area contributed by atoms with Gasteiger partial charge in [-0.25, -0.2) is 0 Å². The molecule has 0 aromatic carbocycles. The lowest BCUT2D eigenvalue weighted by Gasteiger charge is -2.16. The van der Waals surface area contributed by atoms with E-state index < -0.39 is 0 Å². The molecule has 0 amide bonds.